The summed E-state index contributed by atoms with van der Waals surface area (Å²) < 4.78 is 46.3. The third kappa shape index (κ3) is 5.43. The SMILES string of the molecule is CO[C@H](c1ncc(Cl)cn1)[C@H](C)S(=O)(=O)Cc1nnc([C@@H]2CCC(C)(C)O2)n1C1CCOCC1. The molecule has 0 radical (unpaired) electrons. The molecule has 188 valence electrons. The lowest BCUT2D eigenvalue weighted by Gasteiger charge is -2.28. The molecule has 10 nitrogen and oxygen atoms in total. The van der Waals surface area contributed by atoms with Crippen LogP contribution in [0, 0.1) is 0 Å². The fraction of sp³-hybridized carbons (Fsp3) is 0.727. The normalized spacial score (nSPS) is 23.1. The summed E-state index contributed by atoms with van der Waals surface area (Å²) in [6, 6.07) is 0.0596. The summed E-state index contributed by atoms with van der Waals surface area (Å²) in [4.78, 5) is 8.31. The predicted molar refractivity (Wildman–Crippen MR) is 125 cm³/mol. The van der Waals surface area contributed by atoms with E-state index in [-0.39, 0.29) is 29.3 Å². The average molecular weight is 514 g/mol. The molecular weight excluding hydrogens is 482 g/mol. The zero-order valence-electron chi connectivity index (χ0n) is 20.0. The van der Waals surface area contributed by atoms with E-state index < -0.39 is 21.2 Å². The second kappa shape index (κ2) is 10.1. The number of hydrogen-bond donors (Lipinski definition) is 0. The molecule has 2 aromatic rings. The summed E-state index contributed by atoms with van der Waals surface area (Å²) in [5.74, 6) is 1.09. The molecule has 12 heteroatoms. The Labute approximate surface area is 205 Å². The van der Waals surface area contributed by atoms with Crippen LogP contribution >= 0.6 is 11.6 Å². The minimum Gasteiger partial charge on any atom is -0.381 e. The minimum absolute atomic E-state index is 0.0596. The van der Waals surface area contributed by atoms with Crippen LogP contribution in [0.3, 0.4) is 0 Å². The Morgan fingerprint density at radius 1 is 1.21 bits per heavy atom. The van der Waals surface area contributed by atoms with Gasteiger partial charge in [0.25, 0.3) is 0 Å². The van der Waals surface area contributed by atoms with Gasteiger partial charge in [0.05, 0.1) is 15.9 Å². The maximum Gasteiger partial charge on any atom is 0.163 e. The largest absolute Gasteiger partial charge is 0.381 e. The Morgan fingerprint density at radius 2 is 1.88 bits per heavy atom. The molecule has 2 aliphatic rings. The summed E-state index contributed by atoms with van der Waals surface area (Å²) in [6.07, 6.45) is 5.04. The highest BCUT2D eigenvalue weighted by Crippen LogP contribution is 2.40. The van der Waals surface area contributed by atoms with Gasteiger partial charge in [-0.1, -0.05) is 11.6 Å². The zero-order chi connectivity index (χ0) is 24.5. The van der Waals surface area contributed by atoms with Gasteiger partial charge in [-0.25, -0.2) is 18.4 Å². The van der Waals surface area contributed by atoms with Gasteiger partial charge in [-0.15, -0.1) is 10.2 Å². The van der Waals surface area contributed by atoms with Gasteiger partial charge < -0.3 is 18.8 Å². The summed E-state index contributed by atoms with van der Waals surface area (Å²) in [7, 11) is -2.27. The van der Waals surface area contributed by atoms with Gasteiger partial charge in [0.2, 0.25) is 0 Å². The first-order valence-corrected chi connectivity index (χ1v) is 13.6. The van der Waals surface area contributed by atoms with Crippen molar-refractivity contribution < 1.29 is 22.6 Å². The van der Waals surface area contributed by atoms with E-state index in [0.717, 1.165) is 25.7 Å². The predicted octanol–water partition coefficient (Wildman–Crippen LogP) is 3.39. The highest BCUT2D eigenvalue weighted by atomic mass is 35.5. The summed E-state index contributed by atoms with van der Waals surface area (Å²) in [6.45, 7) is 6.93. The van der Waals surface area contributed by atoms with Crippen molar-refractivity contribution in [3.05, 3.63) is 34.9 Å². The Balaban J connectivity index is 1.63. The number of rotatable bonds is 8. The lowest BCUT2D eigenvalue weighted by Crippen LogP contribution is -2.31. The van der Waals surface area contributed by atoms with Gasteiger partial charge in [0, 0.05) is 38.8 Å². The fourth-order valence-electron chi connectivity index (χ4n) is 4.64. The molecule has 0 bridgehead atoms. The second-order valence-corrected chi connectivity index (χ2v) is 12.3. The van der Waals surface area contributed by atoms with E-state index in [0.29, 0.717) is 29.9 Å². The lowest BCUT2D eigenvalue weighted by atomic mass is 10.0. The van der Waals surface area contributed by atoms with Crippen molar-refractivity contribution in [2.24, 2.45) is 0 Å². The van der Waals surface area contributed by atoms with Gasteiger partial charge >= 0.3 is 0 Å². The number of sulfone groups is 1. The Hall–Kier alpha value is -1.66. The van der Waals surface area contributed by atoms with E-state index in [4.69, 9.17) is 25.8 Å². The van der Waals surface area contributed by atoms with E-state index in [9.17, 15) is 8.42 Å². The second-order valence-electron chi connectivity index (χ2n) is 9.52. The van der Waals surface area contributed by atoms with Crippen molar-refractivity contribution in [1.82, 2.24) is 24.7 Å². The number of ether oxygens (including phenoxy) is 3. The third-order valence-electron chi connectivity index (χ3n) is 6.58. The van der Waals surface area contributed by atoms with E-state index in [1.807, 2.05) is 4.57 Å². The van der Waals surface area contributed by atoms with Crippen molar-refractivity contribution in [2.45, 2.75) is 81.3 Å². The number of aromatic nitrogens is 5. The van der Waals surface area contributed by atoms with Crippen LogP contribution in [-0.2, 0) is 29.8 Å². The first kappa shape index (κ1) is 25.4. The monoisotopic (exact) mass is 513 g/mol. The maximum atomic E-state index is 13.5. The summed E-state index contributed by atoms with van der Waals surface area (Å²) in [5.41, 5.74) is -0.248. The molecule has 3 atom stereocenters. The van der Waals surface area contributed by atoms with E-state index >= 15 is 0 Å². The molecule has 2 saturated heterocycles. The van der Waals surface area contributed by atoms with Crippen LogP contribution in [-0.4, -0.2) is 64.3 Å². The Bertz CT molecular complexity index is 1090. The molecule has 34 heavy (non-hydrogen) atoms. The third-order valence-corrected chi connectivity index (χ3v) is 8.81. The number of hydrogen-bond acceptors (Lipinski definition) is 9. The topological polar surface area (TPSA) is 118 Å². The average Bonchev–Trinajstić information content (AvgIpc) is 3.38. The van der Waals surface area contributed by atoms with Crippen molar-refractivity contribution >= 4 is 21.4 Å². The van der Waals surface area contributed by atoms with E-state index in [1.54, 1.807) is 6.92 Å². The van der Waals surface area contributed by atoms with Gasteiger partial charge in [-0.3, -0.25) is 0 Å². The zero-order valence-corrected chi connectivity index (χ0v) is 21.5. The van der Waals surface area contributed by atoms with Gasteiger partial charge in [0.15, 0.2) is 21.5 Å². The summed E-state index contributed by atoms with van der Waals surface area (Å²) in [5, 5.41) is 8.22. The minimum atomic E-state index is -3.71. The molecule has 4 rings (SSSR count). The molecule has 0 aliphatic carbocycles. The van der Waals surface area contributed by atoms with Gasteiger partial charge in [-0.2, -0.15) is 0 Å². The lowest BCUT2D eigenvalue weighted by molar-refractivity contribution is -0.0234. The molecule has 0 N–H and O–H groups in total. The molecule has 0 aromatic carbocycles. The van der Waals surface area contributed by atoms with Crippen LogP contribution in [0.15, 0.2) is 12.4 Å². The van der Waals surface area contributed by atoms with Crippen molar-refractivity contribution in [3.8, 4) is 0 Å². The van der Waals surface area contributed by atoms with Crippen LogP contribution < -0.4 is 0 Å². The van der Waals surface area contributed by atoms with Crippen LogP contribution in [0.1, 0.15) is 82.2 Å². The first-order valence-electron chi connectivity index (χ1n) is 11.5. The highest BCUT2D eigenvalue weighted by molar-refractivity contribution is 7.91. The molecule has 2 aliphatic heterocycles. The summed E-state index contributed by atoms with van der Waals surface area (Å²) >= 11 is 5.88. The molecule has 0 saturated carbocycles. The van der Waals surface area contributed by atoms with E-state index in [2.05, 4.69) is 34.0 Å². The van der Waals surface area contributed by atoms with Crippen LogP contribution in [0.5, 0.6) is 0 Å². The van der Waals surface area contributed by atoms with Crippen molar-refractivity contribution in [1.29, 1.82) is 0 Å². The quantitative estimate of drug-likeness (QED) is 0.523. The van der Waals surface area contributed by atoms with Gasteiger partial charge in [-0.05, 0) is 46.5 Å². The van der Waals surface area contributed by atoms with Crippen molar-refractivity contribution in [2.75, 3.05) is 20.3 Å². The Morgan fingerprint density at radius 3 is 2.47 bits per heavy atom. The molecule has 2 aromatic heterocycles. The molecule has 0 amide bonds. The van der Waals surface area contributed by atoms with Crippen LogP contribution in [0.2, 0.25) is 5.02 Å². The smallest absolute Gasteiger partial charge is 0.163 e. The van der Waals surface area contributed by atoms with Crippen LogP contribution in [0.25, 0.3) is 0 Å². The molecule has 2 fully saturated rings. The standard InChI is InChI=1S/C22H32ClN5O5S/c1-14(19(31-4)20-24-11-15(23)12-25-20)34(29,30)13-18-26-27-21(17-5-8-22(2,3)33-17)28(18)16-6-9-32-10-7-16/h11-12,14,16-17,19H,5-10,13H2,1-4H3/t14-,17-,19-/m0/s1. The molecular formula is C22H32ClN5O5S. The number of methoxy groups -OCH3 is 1. The number of nitrogens with zero attached hydrogens (tertiary/aromatic N) is 5. The highest BCUT2D eigenvalue weighted by Gasteiger charge is 2.39. The Kier molecular flexibility index (Phi) is 7.58. The molecule has 0 unspecified atom stereocenters. The molecule has 4 heterocycles. The first-order chi connectivity index (χ1) is 16.1. The van der Waals surface area contributed by atoms with E-state index in [1.165, 1.54) is 19.5 Å². The number of halogens is 1. The van der Waals surface area contributed by atoms with Crippen molar-refractivity contribution in [3.63, 3.8) is 0 Å². The van der Waals surface area contributed by atoms with Crippen LogP contribution in [0.4, 0.5) is 0 Å². The fourth-order valence-corrected chi connectivity index (χ4v) is 6.16. The van der Waals surface area contributed by atoms with Gasteiger partial charge in [0.1, 0.15) is 23.8 Å². The maximum absolute atomic E-state index is 13.5. The molecule has 0 spiro atoms.